The second-order valence-electron chi connectivity index (χ2n) is 8.15. The van der Waals surface area contributed by atoms with E-state index in [-0.39, 0.29) is 29.2 Å². The normalized spacial score (nSPS) is 16.6. The summed E-state index contributed by atoms with van der Waals surface area (Å²) in [6, 6.07) is 5.36. The average molecular weight is 376 g/mol. The first kappa shape index (κ1) is 21.1. The molecule has 150 valence electrons. The van der Waals surface area contributed by atoms with E-state index in [4.69, 9.17) is 9.47 Å². The molecule has 1 saturated heterocycles. The first-order valence-corrected chi connectivity index (χ1v) is 9.49. The molecule has 1 unspecified atom stereocenters. The summed E-state index contributed by atoms with van der Waals surface area (Å²) < 4.78 is 10.7. The summed E-state index contributed by atoms with van der Waals surface area (Å²) in [6.45, 7) is 8.98. The van der Waals surface area contributed by atoms with Gasteiger partial charge in [0.25, 0.3) is 0 Å². The van der Waals surface area contributed by atoms with E-state index in [0.717, 1.165) is 11.3 Å². The third-order valence-electron chi connectivity index (χ3n) is 5.06. The molecule has 0 spiro atoms. The number of hydrogen-bond donors (Lipinski definition) is 1. The number of nitrogens with one attached hydrogen (secondary N) is 1. The molecule has 0 bridgehead atoms. The number of hydrogen-bond acceptors (Lipinski definition) is 4. The third-order valence-corrected chi connectivity index (χ3v) is 5.06. The van der Waals surface area contributed by atoms with Crippen molar-refractivity contribution >= 4 is 11.8 Å². The van der Waals surface area contributed by atoms with Crippen LogP contribution >= 0.6 is 0 Å². The summed E-state index contributed by atoms with van der Waals surface area (Å²) in [6.07, 6.45) is 1.38. The van der Waals surface area contributed by atoms with Gasteiger partial charge in [0, 0.05) is 30.0 Å². The molecule has 2 amide bonds. The number of likely N-dealkylation sites (tertiary alicyclic amines) is 1. The molecule has 27 heavy (non-hydrogen) atoms. The zero-order valence-electron chi connectivity index (χ0n) is 17.3. The number of carbonyl (C=O) groups excluding carboxylic acids is 2. The Morgan fingerprint density at radius 1 is 1.15 bits per heavy atom. The number of rotatable bonds is 5. The molecule has 0 radical (unpaired) electrons. The van der Waals surface area contributed by atoms with Gasteiger partial charge in [0.15, 0.2) is 0 Å². The first-order chi connectivity index (χ1) is 12.7. The number of benzene rings is 1. The number of methoxy groups -OCH3 is 2. The lowest BCUT2D eigenvalue weighted by atomic mass is 9.90. The minimum absolute atomic E-state index is 0.0234. The van der Waals surface area contributed by atoms with Crippen LogP contribution in [0.15, 0.2) is 18.2 Å². The van der Waals surface area contributed by atoms with E-state index < -0.39 is 0 Å². The van der Waals surface area contributed by atoms with Gasteiger partial charge in [-0.25, -0.2) is 0 Å². The van der Waals surface area contributed by atoms with Gasteiger partial charge < -0.3 is 19.7 Å². The summed E-state index contributed by atoms with van der Waals surface area (Å²) >= 11 is 0. The van der Waals surface area contributed by atoms with Crippen molar-refractivity contribution in [3.63, 3.8) is 0 Å². The highest BCUT2D eigenvalue weighted by atomic mass is 16.5. The van der Waals surface area contributed by atoms with Gasteiger partial charge >= 0.3 is 0 Å². The first-order valence-electron chi connectivity index (χ1n) is 9.49. The van der Waals surface area contributed by atoms with Crippen LogP contribution in [0, 0.1) is 11.3 Å². The van der Waals surface area contributed by atoms with Crippen LogP contribution in [0.25, 0.3) is 0 Å². The smallest absolute Gasteiger partial charge is 0.227 e. The van der Waals surface area contributed by atoms with Crippen LogP contribution < -0.4 is 14.8 Å². The highest BCUT2D eigenvalue weighted by Gasteiger charge is 2.32. The van der Waals surface area contributed by atoms with E-state index in [1.165, 1.54) is 0 Å². The summed E-state index contributed by atoms with van der Waals surface area (Å²) in [7, 11) is 3.23. The van der Waals surface area contributed by atoms with Gasteiger partial charge in [0.05, 0.1) is 20.3 Å². The van der Waals surface area contributed by atoms with Gasteiger partial charge in [-0.2, -0.15) is 0 Å². The quantitative estimate of drug-likeness (QED) is 0.857. The maximum absolute atomic E-state index is 12.7. The molecule has 0 aliphatic carbocycles. The molecule has 1 aliphatic rings. The SMILES string of the molecule is COc1ccc(OC)c(C(C)NC(=O)C2CCN(C(=O)C(C)(C)C)CC2)c1. The van der Waals surface area contributed by atoms with Gasteiger partial charge in [0.2, 0.25) is 11.8 Å². The molecule has 1 N–H and O–H groups in total. The molecule has 0 saturated carbocycles. The highest BCUT2D eigenvalue weighted by Crippen LogP contribution is 2.30. The van der Waals surface area contributed by atoms with Crippen molar-refractivity contribution in [1.29, 1.82) is 0 Å². The fourth-order valence-electron chi connectivity index (χ4n) is 3.41. The fourth-order valence-corrected chi connectivity index (χ4v) is 3.41. The topological polar surface area (TPSA) is 67.9 Å². The van der Waals surface area contributed by atoms with Crippen molar-refractivity contribution in [2.24, 2.45) is 11.3 Å². The van der Waals surface area contributed by atoms with Gasteiger partial charge in [-0.1, -0.05) is 20.8 Å². The molecule has 6 nitrogen and oxygen atoms in total. The van der Waals surface area contributed by atoms with Crippen molar-refractivity contribution in [2.45, 2.75) is 46.6 Å². The van der Waals surface area contributed by atoms with Crippen LogP contribution in [0.3, 0.4) is 0 Å². The predicted octanol–water partition coefficient (Wildman–Crippen LogP) is 3.17. The Morgan fingerprint density at radius 2 is 1.78 bits per heavy atom. The molecule has 1 fully saturated rings. The number of amides is 2. The lowest BCUT2D eigenvalue weighted by molar-refractivity contribution is -0.142. The van der Waals surface area contributed by atoms with Crippen LogP contribution in [0.1, 0.15) is 52.1 Å². The molecule has 0 aromatic heterocycles. The van der Waals surface area contributed by atoms with E-state index in [9.17, 15) is 9.59 Å². The summed E-state index contributed by atoms with van der Waals surface area (Å²) in [4.78, 5) is 27.0. The molecular weight excluding hydrogens is 344 g/mol. The number of ether oxygens (including phenoxy) is 2. The van der Waals surface area contributed by atoms with E-state index in [1.807, 2.05) is 50.8 Å². The van der Waals surface area contributed by atoms with Gasteiger partial charge in [-0.05, 0) is 38.0 Å². The fraction of sp³-hybridized carbons (Fsp3) is 0.619. The molecular formula is C21H32N2O4. The molecule has 1 heterocycles. The summed E-state index contributed by atoms with van der Waals surface area (Å²) in [5.74, 6) is 1.54. The van der Waals surface area contributed by atoms with Crippen LogP contribution in [0.4, 0.5) is 0 Å². The van der Waals surface area contributed by atoms with Gasteiger partial charge in [-0.15, -0.1) is 0 Å². The third kappa shape index (κ3) is 5.15. The van der Waals surface area contributed by atoms with E-state index in [1.54, 1.807) is 14.2 Å². The van der Waals surface area contributed by atoms with E-state index in [0.29, 0.717) is 31.7 Å². The number of nitrogens with zero attached hydrogens (tertiary/aromatic N) is 1. The molecule has 1 aromatic carbocycles. The van der Waals surface area contributed by atoms with Crippen molar-refractivity contribution in [3.05, 3.63) is 23.8 Å². The monoisotopic (exact) mass is 376 g/mol. The zero-order chi connectivity index (χ0) is 20.2. The summed E-state index contributed by atoms with van der Waals surface area (Å²) in [5.41, 5.74) is 0.498. The lowest BCUT2D eigenvalue weighted by Gasteiger charge is -2.35. The maximum atomic E-state index is 12.7. The maximum Gasteiger partial charge on any atom is 0.227 e. The highest BCUT2D eigenvalue weighted by molar-refractivity contribution is 5.83. The van der Waals surface area contributed by atoms with Crippen molar-refractivity contribution < 1.29 is 19.1 Å². The van der Waals surface area contributed by atoms with Crippen LogP contribution in [-0.2, 0) is 9.59 Å². The number of piperidine rings is 1. The molecule has 1 aromatic rings. The Hall–Kier alpha value is -2.24. The van der Waals surface area contributed by atoms with Crippen molar-refractivity contribution in [2.75, 3.05) is 27.3 Å². The standard InChI is InChI=1S/C21H32N2O4/c1-14(17-13-16(26-5)7-8-18(17)27-6)22-19(24)15-9-11-23(12-10-15)20(25)21(2,3)4/h7-8,13-15H,9-12H2,1-6H3,(H,22,24). The van der Waals surface area contributed by atoms with Crippen molar-refractivity contribution in [3.8, 4) is 11.5 Å². The van der Waals surface area contributed by atoms with Gasteiger partial charge in [0.1, 0.15) is 11.5 Å². The minimum atomic E-state index is -0.382. The van der Waals surface area contributed by atoms with Crippen LogP contribution in [0.2, 0.25) is 0 Å². The Bertz CT molecular complexity index is 673. The molecule has 1 atom stereocenters. The Kier molecular flexibility index (Phi) is 6.73. The van der Waals surface area contributed by atoms with Gasteiger partial charge in [-0.3, -0.25) is 9.59 Å². The Morgan fingerprint density at radius 3 is 2.30 bits per heavy atom. The Labute approximate surface area is 162 Å². The minimum Gasteiger partial charge on any atom is -0.497 e. The summed E-state index contributed by atoms with van der Waals surface area (Å²) in [5, 5.41) is 3.09. The predicted molar refractivity (Wildman–Crippen MR) is 105 cm³/mol. The van der Waals surface area contributed by atoms with E-state index >= 15 is 0 Å². The zero-order valence-corrected chi connectivity index (χ0v) is 17.3. The van der Waals surface area contributed by atoms with Crippen molar-refractivity contribution in [1.82, 2.24) is 10.2 Å². The van der Waals surface area contributed by atoms with Crippen LogP contribution in [0.5, 0.6) is 11.5 Å². The molecule has 2 rings (SSSR count). The molecule has 1 aliphatic heterocycles. The molecule has 6 heteroatoms. The van der Waals surface area contributed by atoms with Crippen LogP contribution in [-0.4, -0.2) is 44.0 Å². The second kappa shape index (κ2) is 8.63. The number of carbonyl (C=O) groups is 2. The Balaban J connectivity index is 1.97. The largest absolute Gasteiger partial charge is 0.497 e. The lowest BCUT2D eigenvalue weighted by Crippen LogP contribution is -2.46. The second-order valence-corrected chi connectivity index (χ2v) is 8.15. The average Bonchev–Trinajstić information content (AvgIpc) is 2.66. The van der Waals surface area contributed by atoms with E-state index in [2.05, 4.69) is 5.32 Å².